The molecular formula is C16H22F3IN6S. The van der Waals surface area contributed by atoms with Gasteiger partial charge in [-0.3, -0.25) is 4.99 Å². The molecule has 0 spiro atoms. The van der Waals surface area contributed by atoms with Gasteiger partial charge in [-0.2, -0.15) is 24.5 Å². The van der Waals surface area contributed by atoms with Crippen molar-refractivity contribution in [2.75, 3.05) is 32.0 Å². The van der Waals surface area contributed by atoms with Gasteiger partial charge in [0.2, 0.25) is 5.95 Å². The van der Waals surface area contributed by atoms with Crippen LogP contribution >= 0.6 is 35.3 Å². The largest absolute Gasteiger partial charge is 0.433 e. The summed E-state index contributed by atoms with van der Waals surface area (Å²) in [4.78, 5) is 11.4. The number of nitrogens with one attached hydrogen (secondary N) is 3. The number of aliphatic imine (C=N–C) groups is 1. The SMILES string of the molecule is CN=C(NCCNc1nccc(C(F)(F)F)n1)NCC(C)c1ccsc1.I. The number of nitrogens with zero attached hydrogens (tertiary/aromatic N) is 3. The van der Waals surface area contributed by atoms with Gasteiger partial charge in [-0.05, 0) is 34.4 Å². The Morgan fingerprint density at radius 3 is 2.67 bits per heavy atom. The molecule has 2 heterocycles. The molecule has 1 unspecified atom stereocenters. The van der Waals surface area contributed by atoms with Crippen LogP contribution in [-0.4, -0.2) is 42.6 Å². The lowest BCUT2D eigenvalue weighted by Gasteiger charge is -2.15. The Hall–Kier alpha value is -1.63. The minimum absolute atomic E-state index is 0. The van der Waals surface area contributed by atoms with E-state index in [1.165, 1.54) is 5.56 Å². The van der Waals surface area contributed by atoms with Crippen LogP contribution in [0.3, 0.4) is 0 Å². The van der Waals surface area contributed by atoms with Crippen LogP contribution in [-0.2, 0) is 6.18 Å². The number of aromatic nitrogens is 2. The molecule has 1 atom stereocenters. The van der Waals surface area contributed by atoms with Gasteiger partial charge in [0.25, 0.3) is 0 Å². The zero-order valence-corrected chi connectivity index (χ0v) is 18.0. The maximum Gasteiger partial charge on any atom is 0.433 e. The van der Waals surface area contributed by atoms with Crippen LogP contribution in [0, 0.1) is 0 Å². The quantitative estimate of drug-likeness (QED) is 0.228. The molecule has 0 radical (unpaired) electrons. The van der Waals surface area contributed by atoms with E-state index in [9.17, 15) is 13.2 Å². The van der Waals surface area contributed by atoms with Crippen molar-refractivity contribution in [2.24, 2.45) is 4.99 Å². The molecule has 0 aliphatic carbocycles. The van der Waals surface area contributed by atoms with Crippen molar-refractivity contribution in [3.8, 4) is 0 Å². The average molecular weight is 514 g/mol. The van der Waals surface area contributed by atoms with E-state index >= 15 is 0 Å². The Kier molecular flexibility index (Phi) is 9.77. The van der Waals surface area contributed by atoms with Crippen molar-refractivity contribution < 1.29 is 13.2 Å². The minimum Gasteiger partial charge on any atom is -0.356 e. The zero-order chi connectivity index (χ0) is 19.0. The third kappa shape index (κ3) is 7.87. The number of rotatable bonds is 7. The van der Waals surface area contributed by atoms with Gasteiger partial charge < -0.3 is 16.0 Å². The number of anilines is 1. The molecule has 2 aromatic rings. The van der Waals surface area contributed by atoms with Crippen molar-refractivity contribution in [3.63, 3.8) is 0 Å². The molecule has 0 fully saturated rings. The first kappa shape index (κ1) is 23.4. The summed E-state index contributed by atoms with van der Waals surface area (Å²) in [5.41, 5.74) is 0.296. The van der Waals surface area contributed by atoms with Crippen LogP contribution in [0.5, 0.6) is 0 Å². The highest BCUT2D eigenvalue weighted by atomic mass is 127. The fourth-order valence-corrected chi connectivity index (χ4v) is 2.88. The first-order valence-corrected chi connectivity index (χ1v) is 8.95. The minimum atomic E-state index is -4.48. The fraction of sp³-hybridized carbons (Fsp3) is 0.438. The molecule has 0 aliphatic heterocycles. The highest BCUT2D eigenvalue weighted by molar-refractivity contribution is 14.0. The second-order valence-electron chi connectivity index (χ2n) is 5.53. The first-order valence-electron chi connectivity index (χ1n) is 8.01. The number of halogens is 4. The van der Waals surface area contributed by atoms with E-state index in [2.05, 4.69) is 49.3 Å². The summed E-state index contributed by atoms with van der Waals surface area (Å²) < 4.78 is 37.8. The van der Waals surface area contributed by atoms with Crippen molar-refractivity contribution in [2.45, 2.75) is 19.0 Å². The van der Waals surface area contributed by atoms with Gasteiger partial charge >= 0.3 is 6.18 Å². The normalized spacial score (nSPS) is 12.9. The summed E-state index contributed by atoms with van der Waals surface area (Å²) in [6.45, 7) is 3.64. The summed E-state index contributed by atoms with van der Waals surface area (Å²) in [5.74, 6) is 0.908. The second-order valence-corrected chi connectivity index (χ2v) is 6.31. The van der Waals surface area contributed by atoms with E-state index in [1.807, 2.05) is 5.38 Å². The van der Waals surface area contributed by atoms with Gasteiger partial charge in [0.1, 0.15) is 5.69 Å². The van der Waals surface area contributed by atoms with E-state index in [1.54, 1.807) is 18.4 Å². The first-order chi connectivity index (χ1) is 12.4. The van der Waals surface area contributed by atoms with Gasteiger partial charge in [-0.1, -0.05) is 6.92 Å². The third-order valence-electron chi connectivity index (χ3n) is 3.56. The standard InChI is InChI=1S/C16H21F3N6S.HI/c1-11(12-4-8-26-10-12)9-24-14(20-2)22-6-7-23-15-21-5-3-13(25-15)16(17,18)19;/h3-5,8,10-11H,6-7,9H2,1-2H3,(H2,20,22,24)(H,21,23,25);1H. The average Bonchev–Trinajstić information content (AvgIpc) is 3.15. The third-order valence-corrected chi connectivity index (χ3v) is 4.26. The summed E-state index contributed by atoms with van der Waals surface area (Å²) in [5, 5.41) is 13.2. The lowest BCUT2D eigenvalue weighted by atomic mass is 10.1. The molecule has 2 rings (SSSR count). The number of hydrogen-bond acceptors (Lipinski definition) is 5. The molecule has 0 aliphatic rings. The smallest absolute Gasteiger partial charge is 0.356 e. The van der Waals surface area contributed by atoms with Gasteiger partial charge in [0.05, 0.1) is 0 Å². The lowest BCUT2D eigenvalue weighted by molar-refractivity contribution is -0.141. The van der Waals surface area contributed by atoms with Gasteiger partial charge in [0, 0.05) is 32.9 Å². The Morgan fingerprint density at radius 1 is 1.26 bits per heavy atom. The van der Waals surface area contributed by atoms with Crippen LogP contribution < -0.4 is 16.0 Å². The van der Waals surface area contributed by atoms with Crippen LogP contribution in [0.15, 0.2) is 34.1 Å². The number of thiophene rings is 1. The summed E-state index contributed by atoms with van der Waals surface area (Å²) in [6.07, 6.45) is -3.40. The van der Waals surface area contributed by atoms with Crippen molar-refractivity contribution in [1.29, 1.82) is 0 Å². The topological polar surface area (TPSA) is 74.2 Å². The van der Waals surface area contributed by atoms with E-state index in [0.717, 1.165) is 18.8 Å². The van der Waals surface area contributed by atoms with Crippen LogP contribution in [0.2, 0.25) is 0 Å². The molecule has 3 N–H and O–H groups in total. The van der Waals surface area contributed by atoms with E-state index < -0.39 is 11.9 Å². The number of guanidine groups is 1. The van der Waals surface area contributed by atoms with Crippen molar-refractivity contribution in [3.05, 3.63) is 40.3 Å². The number of alkyl halides is 3. The molecule has 11 heteroatoms. The highest BCUT2D eigenvalue weighted by Gasteiger charge is 2.32. The molecule has 0 saturated heterocycles. The molecular weight excluding hydrogens is 492 g/mol. The zero-order valence-electron chi connectivity index (χ0n) is 14.9. The molecule has 0 amide bonds. The van der Waals surface area contributed by atoms with Crippen LogP contribution in [0.1, 0.15) is 24.1 Å². The molecule has 150 valence electrons. The number of hydrogen-bond donors (Lipinski definition) is 3. The summed E-state index contributed by atoms with van der Waals surface area (Å²) in [6, 6.07) is 2.93. The molecule has 27 heavy (non-hydrogen) atoms. The van der Waals surface area contributed by atoms with Gasteiger partial charge in [-0.15, -0.1) is 24.0 Å². The van der Waals surface area contributed by atoms with E-state index in [4.69, 9.17) is 0 Å². The molecule has 2 aromatic heterocycles. The molecule has 0 saturated carbocycles. The predicted octanol–water partition coefficient (Wildman–Crippen LogP) is 3.56. The molecule has 0 bridgehead atoms. The fourth-order valence-electron chi connectivity index (χ4n) is 2.10. The van der Waals surface area contributed by atoms with Crippen LogP contribution in [0.4, 0.5) is 19.1 Å². The van der Waals surface area contributed by atoms with E-state index in [-0.39, 0.29) is 29.9 Å². The highest BCUT2D eigenvalue weighted by Crippen LogP contribution is 2.27. The van der Waals surface area contributed by atoms with Gasteiger partial charge in [0.15, 0.2) is 5.96 Å². The molecule has 0 aromatic carbocycles. The summed E-state index contributed by atoms with van der Waals surface area (Å²) >= 11 is 1.66. The monoisotopic (exact) mass is 514 g/mol. The van der Waals surface area contributed by atoms with E-state index in [0.29, 0.717) is 25.0 Å². The van der Waals surface area contributed by atoms with Gasteiger partial charge in [-0.25, -0.2) is 9.97 Å². The molecule has 6 nitrogen and oxygen atoms in total. The Labute approximate surface area is 177 Å². The maximum absolute atomic E-state index is 12.6. The Bertz CT molecular complexity index is 708. The second kappa shape index (κ2) is 11.3. The van der Waals surface area contributed by atoms with Crippen LogP contribution in [0.25, 0.3) is 0 Å². The maximum atomic E-state index is 12.6. The summed E-state index contributed by atoms with van der Waals surface area (Å²) in [7, 11) is 1.66. The predicted molar refractivity (Wildman–Crippen MR) is 113 cm³/mol. The van der Waals surface area contributed by atoms with Crippen molar-refractivity contribution in [1.82, 2.24) is 20.6 Å². The van der Waals surface area contributed by atoms with Crippen molar-refractivity contribution >= 4 is 47.2 Å². The Morgan fingerprint density at radius 2 is 2.04 bits per heavy atom. The Balaban J connectivity index is 0.00000364. The lowest BCUT2D eigenvalue weighted by Crippen LogP contribution is -2.41.